The van der Waals surface area contributed by atoms with Gasteiger partial charge in [-0.25, -0.2) is 0 Å². The normalized spacial score (nSPS) is 10.3. The fourth-order valence-electron chi connectivity index (χ4n) is 2.00. The predicted molar refractivity (Wildman–Crippen MR) is 82.6 cm³/mol. The van der Waals surface area contributed by atoms with E-state index in [9.17, 15) is 4.79 Å². The fraction of sp³-hybridized carbons (Fsp3) is 0.312. The van der Waals surface area contributed by atoms with Gasteiger partial charge >= 0.3 is 0 Å². The van der Waals surface area contributed by atoms with Gasteiger partial charge < -0.3 is 19.2 Å². The van der Waals surface area contributed by atoms with Crippen molar-refractivity contribution in [2.45, 2.75) is 13.8 Å². The zero-order valence-corrected chi connectivity index (χ0v) is 12.6. The highest BCUT2D eigenvalue weighted by Gasteiger charge is 2.17. The largest absolute Gasteiger partial charge is 0.493 e. The van der Waals surface area contributed by atoms with Gasteiger partial charge in [0.1, 0.15) is 6.61 Å². The first-order chi connectivity index (χ1) is 10.1. The second-order valence-electron chi connectivity index (χ2n) is 4.82. The Morgan fingerprint density at radius 3 is 2.57 bits per heavy atom. The minimum atomic E-state index is -0.193. The highest BCUT2D eigenvalue weighted by molar-refractivity contribution is 5.89. The summed E-state index contributed by atoms with van der Waals surface area (Å²) in [6.07, 6.45) is 1.96. The quantitative estimate of drug-likeness (QED) is 0.860. The molecule has 2 aromatic rings. The molecule has 0 bridgehead atoms. The number of allylic oxidation sites excluding steroid dienone is 1. The van der Waals surface area contributed by atoms with Crippen LogP contribution in [0.1, 0.15) is 13.8 Å². The fourth-order valence-corrected chi connectivity index (χ4v) is 2.00. The van der Waals surface area contributed by atoms with E-state index in [-0.39, 0.29) is 5.56 Å². The number of ether oxygens (including phenoxy) is 3. The minimum absolute atomic E-state index is 0.193. The van der Waals surface area contributed by atoms with Crippen LogP contribution in [0.25, 0.3) is 10.9 Å². The Morgan fingerprint density at radius 1 is 1.19 bits per heavy atom. The van der Waals surface area contributed by atoms with Crippen molar-refractivity contribution in [3.05, 3.63) is 40.2 Å². The minimum Gasteiger partial charge on any atom is -0.493 e. The number of fused-ring (bicyclic) bond motifs is 1. The van der Waals surface area contributed by atoms with Gasteiger partial charge in [0, 0.05) is 11.5 Å². The number of rotatable bonds is 5. The molecule has 0 atom stereocenters. The zero-order valence-electron chi connectivity index (χ0n) is 12.6. The number of aromatic nitrogens is 1. The molecule has 0 saturated heterocycles. The SMILES string of the molecule is COc1cc2ccc(=O)[nH]c2c(OC)c1OCC=C(C)C. The van der Waals surface area contributed by atoms with Crippen molar-refractivity contribution in [1.29, 1.82) is 0 Å². The van der Waals surface area contributed by atoms with Crippen LogP contribution in [0.15, 0.2) is 34.6 Å². The highest BCUT2D eigenvalue weighted by Crippen LogP contribution is 2.42. The maximum absolute atomic E-state index is 11.5. The maximum atomic E-state index is 11.5. The molecule has 1 aromatic carbocycles. The van der Waals surface area contributed by atoms with Crippen molar-refractivity contribution >= 4 is 10.9 Å². The Hall–Kier alpha value is -2.43. The Bertz CT molecular complexity index is 727. The van der Waals surface area contributed by atoms with Crippen LogP contribution in [0.2, 0.25) is 0 Å². The molecule has 0 unspecified atom stereocenters. The van der Waals surface area contributed by atoms with Crippen LogP contribution in [0, 0.1) is 0 Å². The molecular formula is C16H19NO4. The molecule has 0 aliphatic heterocycles. The summed E-state index contributed by atoms with van der Waals surface area (Å²) in [6.45, 7) is 4.39. The Kier molecular flexibility index (Phi) is 4.52. The number of benzene rings is 1. The summed E-state index contributed by atoms with van der Waals surface area (Å²) < 4.78 is 16.5. The molecule has 0 radical (unpaired) electrons. The Balaban J connectivity index is 2.59. The molecular weight excluding hydrogens is 270 g/mol. The standard InChI is InChI=1S/C16H19NO4/c1-10(2)7-8-21-15-12(19-3)9-11-5-6-13(18)17-14(11)16(15)20-4/h5-7,9H,8H2,1-4H3,(H,17,18). The average Bonchev–Trinajstić information content (AvgIpc) is 2.46. The van der Waals surface area contributed by atoms with Gasteiger partial charge in [0.25, 0.3) is 0 Å². The summed E-state index contributed by atoms with van der Waals surface area (Å²) in [7, 11) is 3.10. The zero-order chi connectivity index (χ0) is 15.4. The number of H-pyrrole nitrogens is 1. The summed E-state index contributed by atoms with van der Waals surface area (Å²) >= 11 is 0. The third-order valence-electron chi connectivity index (χ3n) is 3.04. The van der Waals surface area contributed by atoms with E-state index >= 15 is 0 Å². The molecule has 2 rings (SSSR count). The van der Waals surface area contributed by atoms with Crippen LogP contribution in [-0.2, 0) is 0 Å². The molecule has 5 heteroatoms. The molecule has 1 aromatic heterocycles. The van der Waals surface area contributed by atoms with Crippen LogP contribution in [0.5, 0.6) is 17.2 Å². The molecule has 0 spiro atoms. The van der Waals surface area contributed by atoms with Crippen molar-refractivity contribution < 1.29 is 14.2 Å². The van der Waals surface area contributed by atoms with E-state index in [2.05, 4.69) is 4.98 Å². The molecule has 1 N–H and O–H groups in total. The lowest BCUT2D eigenvalue weighted by Crippen LogP contribution is -2.06. The van der Waals surface area contributed by atoms with Crippen LogP contribution in [-0.4, -0.2) is 25.8 Å². The van der Waals surface area contributed by atoms with Crippen molar-refractivity contribution in [2.24, 2.45) is 0 Å². The van der Waals surface area contributed by atoms with Gasteiger partial charge in [-0.1, -0.05) is 5.57 Å². The molecule has 5 nitrogen and oxygen atoms in total. The molecule has 1 heterocycles. The summed E-state index contributed by atoms with van der Waals surface area (Å²) in [5.41, 5.74) is 1.56. The first-order valence-corrected chi connectivity index (χ1v) is 6.61. The number of pyridine rings is 1. The Morgan fingerprint density at radius 2 is 1.95 bits per heavy atom. The van der Waals surface area contributed by atoms with Crippen molar-refractivity contribution in [3.8, 4) is 17.2 Å². The molecule has 0 aliphatic carbocycles. The van der Waals surface area contributed by atoms with E-state index in [1.54, 1.807) is 13.2 Å². The van der Waals surface area contributed by atoms with Gasteiger partial charge in [0.05, 0.1) is 19.7 Å². The lowest BCUT2D eigenvalue weighted by atomic mass is 10.1. The lowest BCUT2D eigenvalue weighted by Gasteiger charge is -2.15. The summed E-state index contributed by atoms with van der Waals surface area (Å²) in [5.74, 6) is 1.50. The Labute approximate surface area is 123 Å². The van der Waals surface area contributed by atoms with Crippen LogP contribution in [0.4, 0.5) is 0 Å². The van der Waals surface area contributed by atoms with Gasteiger partial charge in [0.15, 0.2) is 11.5 Å². The first kappa shape index (κ1) is 15.0. The average molecular weight is 289 g/mol. The summed E-state index contributed by atoms with van der Waals surface area (Å²) in [5, 5.41) is 0.817. The van der Waals surface area contributed by atoms with E-state index in [1.807, 2.05) is 26.0 Å². The van der Waals surface area contributed by atoms with E-state index in [1.165, 1.54) is 13.2 Å². The van der Waals surface area contributed by atoms with Crippen LogP contribution in [0.3, 0.4) is 0 Å². The second kappa shape index (κ2) is 6.35. The van der Waals surface area contributed by atoms with Gasteiger partial charge in [-0.2, -0.15) is 0 Å². The predicted octanol–water partition coefficient (Wildman–Crippen LogP) is 2.89. The molecule has 0 fully saturated rings. The summed E-state index contributed by atoms with van der Waals surface area (Å²) in [4.78, 5) is 14.3. The number of aromatic amines is 1. The topological polar surface area (TPSA) is 60.6 Å². The van der Waals surface area contributed by atoms with E-state index in [0.29, 0.717) is 29.4 Å². The van der Waals surface area contributed by atoms with Gasteiger partial charge in [-0.3, -0.25) is 4.79 Å². The van der Waals surface area contributed by atoms with Crippen molar-refractivity contribution in [1.82, 2.24) is 4.98 Å². The second-order valence-corrected chi connectivity index (χ2v) is 4.82. The number of hydrogen-bond donors (Lipinski definition) is 1. The molecule has 0 aliphatic rings. The van der Waals surface area contributed by atoms with Gasteiger partial charge in [-0.05, 0) is 32.1 Å². The highest BCUT2D eigenvalue weighted by atomic mass is 16.5. The maximum Gasteiger partial charge on any atom is 0.248 e. The van der Waals surface area contributed by atoms with Crippen LogP contribution >= 0.6 is 0 Å². The van der Waals surface area contributed by atoms with Crippen molar-refractivity contribution in [2.75, 3.05) is 20.8 Å². The van der Waals surface area contributed by atoms with Gasteiger partial charge in [0.2, 0.25) is 11.3 Å². The number of nitrogens with one attached hydrogen (secondary N) is 1. The van der Waals surface area contributed by atoms with Gasteiger partial charge in [-0.15, -0.1) is 0 Å². The number of methoxy groups -OCH3 is 2. The third kappa shape index (κ3) is 3.18. The molecule has 21 heavy (non-hydrogen) atoms. The first-order valence-electron chi connectivity index (χ1n) is 6.61. The molecule has 112 valence electrons. The van der Waals surface area contributed by atoms with Crippen LogP contribution < -0.4 is 19.8 Å². The van der Waals surface area contributed by atoms with Crippen molar-refractivity contribution in [3.63, 3.8) is 0 Å². The monoisotopic (exact) mass is 289 g/mol. The molecule has 0 amide bonds. The van der Waals surface area contributed by atoms with E-state index < -0.39 is 0 Å². The number of hydrogen-bond acceptors (Lipinski definition) is 4. The van der Waals surface area contributed by atoms with E-state index in [0.717, 1.165) is 11.0 Å². The van der Waals surface area contributed by atoms with E-state index in [4.69, 9.17) is 14.2 Å². The lowest BCUT2D eigenvalue weighted by molar-refractivity contribution is 0.302. The smallest absolute Gasteiger partial charge is 0.248 e. The molecule has 0 saturated carbocycles. The third-order valence-corrected chi connectivity index (χ3v) is 3.04. The summed E-state index contributed by atoms with van der Waals surface area (Å²) in [6, 6.07) is 5.00.